The molecule has 2 heterocycles. The number of halogens is 1. The van der Waals surface area contributed by atoms with Gasteiger partial charge in [-0.3, -0.25) is 4.79 Å². The molecule has 0 radical (unpaired) electrons. The predicted molar refractivity (Wildman–Crippen MR) is 68.8 cm³/mol. The lowest BCUT2D eigenvalue weighted by molar-refractivity contribution is -0.519. The molecule has 7 heteroatoms. The molecular formula is C12H15ClN3O3+. The van der Waals surface area contributed by atoms with Gasteiger partial charge in [0.15, 0.2) is 12.4 Å². The van der Waals surface area contributed by atoms with Gasteiger partial charge in [0.1, 0.15) is 0 Å². The third kappa shape index (κ3) is 3.57. The van der Waals surface area contributed by atoms with Crippen LogP contribution in [-0.2, 0) is 4.79 Å². The minimum absolute atomic E-state index is 0.212. The summed E-state index contributed by atoms with van der Waals surface area (Å²) in [5, 5.41) is 11.6. The van der Waals surface area contributed by atoms with E-state index in [9.17, 15) is 9.59 Å². The largest absolute Gasteiger partial charge is 0.481 e. The average molecular weight is 285 g/mol. The Morgan fingerprint density at radius 2 is 1.89 bits per heavy atom. The van der Waals surface area contributed by atoms with Gasteiger partial charge in [0, 0.05) is 25.2 Å². The van der Waals surface area contributed by atoms with Gasteiger partial charge in [-0.2, -0.15) is 0 Å². The highest BCUT2D eigenvalue weighted by molar-refractivity contribution is 6.04. The molecule has 0 aromatic carbocycles. The number of anilines is 1. The number of amides is 2. The van der Waals surface area contributed by atoms with Gasteiger partial charge < -0.3 is 15.3 Å². The van der Waals surface area contributed by atoms with E-state index in [1.54, 1.807) is 29.4 Å². The van der Waals surface area contributed by atoms with Crippen LogP contribution in [0.1, 0.15) is 12.8 Å². The van der Waals surface area contributed by atoms with Crippen LogP contribution in [0.5, 0.6) is 0 Å². The highest BCUT2D eigenvalue weighted by Crippen LogP contribution is 2.18. The predicted octanol–water partition coefficient (Wildman–Crippen LogP) is 1.30. The first-order valence-electron chi connectivity index (χ1n) is 6.02. The summed E-state index contributed by atoms with van der Waals surface area (Å²) in [5.74, 6) is -1.12. The number of carboxylic acid groups (broad SMARTS) is 1. The number of piperidine rings is 1. The molecule has 102 valence electrons. The zero-order chi connectivity index (χ0) is 13.8. The standard InChI is InChI=1S/C12H14ClN3O3/c13-16-7-3-10(4-8-16)14-12(19)15-5-1-9(2-6-15)11(17)18/h3-4,7-9H,1-2,5-6H2,(H,17,18)/p+1. The molecule has 0 aliphatic carbocycles. The van der Waals surface area contributed by atoms with Crippen molar-refractivity contribution in [1.29, 1.82) is 0 Å². The topological polar surface area (TPSA) is 73.5 Å². The van der Waals surface area contributed by atoms with E-state index in [0.717, 1.165) is 0 Å². The van der Waals surface area contributed by atoms with E-state index in [-0.39, 0.29) is 11.9 Å². The Morgan fingerprint density at radius 1 is 1.32 bits per heavy atom. The van der Waals surface area contributed by atoms with E-state index < -0.39 is 5.97 Å². The molecule has 2 amide bonds. The average Bonchev–Trinajstić information content (AvgIpc) is 2.41. The van der Waals surface area contributed by atoms with Crippen molar-refractivity contribution >= 4 is 29.5 Å². The molecule has 1 aliphatic rings. The Balaban J connectivity index is 1.88. The molecule has 2 rings (SSSR count). The molecule has 1 saturated heterocycles. The van der Waals surface area contributed by atoms with Crippen molar-refractivity contribution in [2.45, 2.75) is 12.8 Å². The van der Waals surface area contributed by atoms with Crippen LogP contribution in [0.15, 0.2) is 24.5 Å². The van der Waals surface area contributed by atoms with Crippen LogP contribution >= 0.6 is 11.8 Å². The number of carboxylic acids is 1. The number of nitrogens with zero attached hydrogens (tertiary/aromatic N) is 2. The van der Waals surface area contributed by atoms with Gasteiger partial charge in [-0.25, -0.2) is 4.79 Å². The Kier molecular flexibility index (Phi) is 4.21. The molecule has 0 bridgehead atoms. The van der Waals surface area contributed by atoms with Gasteiger partial charge in [0.2, 0.25) is 0 Å². The quantitative estimate of drug-likeness (QED) is 0.860. The van der Waals surface area contributed by atoms with Gasteiger partial charge in [-0.15, -0.1) is 0 Å². The van der Waals surface area contributed by atoms with Gasteiger partial charge in [-0.1, -0.05) is 4.09 Å². The second-order valence-corrected chi connectivity index (χ2v) is 4.85. The van der Waals surface area contributed by atoms with Gasteiger partial charge in [0.25, 0.3) is 11.8 Å². The van der Waals surface area contributed by atoms with E-state index in [1.807, 2.05) is 0 Å². The third-order valence-corrected chi connectivity index (χ3v) is 3.40. The number of urea groups is 1. The number of nitrogens with one attached hydrogen (secondary N) is 1. The number of likely N-dealkylation sites (tertiary alicyclic amines) is 1. The second-order valence-electron chi connectivity index (χ2n) is 4.46. The summed E-state index contributed by atoms with van der Waals surface area (Å²) in [6.07, 6.45) is 4.24. The molecule has 1 aromatic heterocycles. The molecule has 1 aliphatic heterocycles. The summed E-state index contributed by atoms with van der Waals surface area (Å²) in [5.41, 5.74) is 0.655. The van der Waals surface area contributed by atoms with Crippen molar-refractivity contribution in [3.8, 4) is 0 Å². The van der Waals surface area contributed by atoms with Crippen LogP contribution in [0, 0.1) is 5.92 Å². The molecule has 0 atom stereocenters. The van der Waals surface area contributed by atoms with E-state index in [0.29, 0.717) is 31.6 Å². The van der Waals surface area contributed by atoms with E-state index in [4.69, 9.17) is 16.9 Å². The lowest BCUT2D eigenvalue weighted by Crippen LogP contribution is -2.42. The maximum absolute atomic E-state index is 12.0. The summed E-state index contributed by atoms with van der Waals surface area (Å²) in [6, 6.07) is 3.17. The maximum atomic E-state index is 12.0. The zero-order valence-corrected chi connectivity index (χ0v) is 11.0. The summed E-state index contributed by atoms with van der Waals surface area (Å²) >= 11 is 5.68. The first-order valence-corrected chi connectivity index (χ1v) is 6.36. The number of pyridine rings is 1. The minimum Gasteiger partial charge on any atom is -0.481 e. The lowest BCUT2D eigenvalue weighted by Gasteiger charge is -2.30. The number of carbonyl (C=O) groups excluding carboxylic acids is 1. The fourth-order valence-electron chi connectivity index (χ4n) is 2.02. The second kappa shape index (κ2) is 5.88. The molecule has 19 heavy (non-hydrogen) atoms. The van der Waals surface area contributed by atoms with Crippen molar-refractivity contribution in [1.82, 2.24) is 4.90 Å². The Morgan fingerprint density at radius 3 is 2.42 bits per heavy atom. The van der Waals surface area contributed by atoms with E-state index in [1.165, 1.54) is 4.09 Å². The van der Waals surface area contributed by atoms with Crippen LogP contribution in [0.4, 0.5) is 10.5 Å². The van der Waals surface area contributed by atoms with Crippen LogP contribution in [0.3, 0.4) is 0 Å². The maximum Gasteiger partial charge on any atom is 0.321 e. The highest BCUT2D eigenvalue weighted by Gasteiger charge is 2.26. The highest BCUT2D eigenvalue weighted by atomic mass is 35.5. The first kappa shape index (κ1) is 13.6. The fourth-order valence-corrected chi connectivity index (χ4v) is 2.14. The van der Waals surface area contributed by atoms with Crippen molar-refractivity contribution in [2.75, 3.05) is 18.4 Å². The van der Waals surface area contributed by atoms with Gasteiger partial charge >= 0.3 is 12.0 Å². The molecule has 6 nitrogen and oxygen atoms in total. The Labute approximate surface area is 115 Å². The number of aromatic nitrogens is 1. The van der Waals surface area contributed by atoms with Crippen LogP contribution in [0.2, 0.25) is 0 Å². The van der Waals surface area contributed by atoms with E-state index >= 15 is 0 Å². The van der Waals surface area contributed by atoms with Crippen LogP contribution in [-0.4, -0.2) is 35.1 Å². The molecule has 0 saturated carbocycles. The molecule has 2 N–H and O–H groups in total. The van der Waals surface area contributed by atoms with Crippen LogP contribution in [0.25, 0.3) is 0 Å². The first-order chi connectivity index (χ1) is 9.06. The lowest BCUT2D eigenvalue weighted by atomic mass is 9.97. The molecule has 0 spiro atoms. The third-order valence-electron chi connectivity index (χ3n) is 3.18. The smallest absolute Gasteiger partial charge is 0.321 e. The number of carbonyl (C=O) groups is 2. The Bertz CT molecular complexity index is 470. The Hall–Kier alpha value is -1.82. The summed E-state index contributed by atoms with van der Waals surface area (Å²) in [7, 11) is 0. The fraction of sp³-hybridized carbons (Fsp3) is 0.417. The van der Waals surface area contributed by atoms with Gasteiger partial charge in [0.05, 0.1) is 11.6 Å². The monoisotopic (exact) mass is 284 g/mol. The normalized spacial score (nSPS) is 16.2. The van der Waals surface area contributed by atoms with Crippen molar-refractivity contribution in [2.24, 2.45) is 5.92 Å². The molecular weight excluding hydrogens is 270 g/mol. The molecule has 0 unspecified atom stereocenters. The summed E-state index contributed by atoms with van der Waals surface area (Å²) in [6.45, 7) is 0.927. The number of rotatable bonds is 2. The minimum atomic E-state index is -0.783. The number of aliphatic carboxylic acids is 1. The summed E-state index contributed by atoms with van der Waals surface area (Å²) < 4.78 is 1.36. The van der Waals surface area contributed by atoms with Crippen LogP contribution < -0.4 is 9.40 Å². The molecule has 1 aromatic rings. The van der Waals surface area contributed by atoms with Gasteiger partial charge in [-0.05, 0) is 12.8 Å². The number of hydrogen-bond donors (Lipinski definition) is 2. The SMILES string of the molecule is O=C(O)C1CCN(C(=O)Nc2cc[n+](Cl)cc2)CC1. The van der Waals surface area contributed by atoms with Crippen molar-refractivity contribution < 1.29 is 18.8 Å². The van der Waals surface area contributed by atoms with Crippen molar-refractivity contribution in [3.63, 3.8) is 0 Å². The van der Waals surface area contributed by atoms with E-state index in [2.05, 4.69) is 5.32 Å². The zero-order valence-electron chi connectivity index (χ0n) is 10.3. The van der Waals surface area contributed by atoms with Crippen molar-refractivity contribution in [3.05, 3.63) is 24.5 Å². The molecule has 1 fully saturated rings. The summed E-state index contributed by atoms with van der Waals surface area (Å²) in [4.78, 5) is 24.4. The number of hydrogen-bond acceptors (Lipinski definition) is 2.